The molecule has 0 spiro atoms. The van der Waals surface area contributed by atoms with Crippen molar-refractivity contribution >= 4 is 34.7 Å². The second kappa shape index (κ2) is 11.8. The largest absolute Gasteiger partial charge is 0.496 e. The third-order valence-electron chi connectivity index (χ3n) is 6.67. The Balaban J connectivity index is 1.58. The Labute approximate surface area is 220 Å². The Morgan fingerprint density at radius 1 is 1.08 bits per heavy atom. The van der Waals surface area contributed by atoms with Crippen molar-refractivity contribution in [3.63, 3.8) is 0 Å². The van der Waals surface area contributed by atoms with E-state index in [-0.39, 0.29) is 37.7 Å². The molecule has 0 bridgehead atoms. The summed E-state index contributed by atoms with van der Waals surface area (Å²) in [6, 6.07) is 9.72. The van der Waals surface area contributed by atoms with Crippen LogP contribution < -0.4 is 4.74 Å². The molecule has 0 unspecified atom stereocenters. The second-order valence-electron chi connectivity index (χ2n) is 8.79. The van der Waals surface area contributed by atoms with Gasteiger partial charge in [-0.1, -0.05) is 18.2 Å². The third-order valence-corrected chi connectivity index (χ3v) is 6.67. The number of Topliss-reactive ketones (excluding diaryl/α,β-unsaturated/α-hetero) is 1. The molecular formula is C27H31N5O6. The van der Waals surface area contributed by atoms with Gasteiger partial charge in [-0.15, -0.1) is 0 Å². The number of carbonyl (C=O) groups is 4. The number of ether oxygens (including phenoxy) is 2. The average Bonchev–Trinajstić information content (AvgIpc) is 3.40. The number of carbonyl (C=O) groups excluding carboxylic acids is 4. The molecule has 1 fully saturated rings. The molecule has 1 aromatic carbocycles. The molecule has 0 saturated carbocycles. The lowest BCUT2D eigenvalue weighted by molar-refractivity contribution is -0.132. The summed E-state index contributed by atoms with van der Waals surface area (Å²) in [6.45, 7) is 4.89. The van der Waals surface area contributed by atoms with Crippen LogP contribution in [0.5, 0.6) is 5.75 Å². The van der Waals surface area contributed by atoms with Crippen LogP contribution in [0.4, 0.5) is 4.79 Å². The molecule has 1 saturated heterocycles. The number of H-pyrrole nitrogens is 1. The Morgan fingerprint density at radius 3 is 2.50 bits per heavy atom. The van der Waals surface area contributed by atoms with Crippen molar-refractivity contribution in [2.75, 3.05) is 46.4 Å². The Bertz CT molecular complexity index is 1320. The molecule has 2 aromatic heterocycles. The van der Waals surface area contributed by atoms with Crippen molar-refractivity contribution in [2.45, 2.75) is 19.9 Å². The summed E-state index contributed by atoms with van der Waals surface area (Å²) < 4.78 is 10.9. The highest BCUT2D eigenvalue weighted by atomic mass is 16.6. The van der Waals surface area contributed by atoms with Gasteiger partial charge in [0.15, 0.2) is 0 Å². The number of aromatic amines is 1. The van der Waals surface area contributed by atoms with E-state index >= 15 is 0 Å². The van der Waals surface area contributed by atoms with E-state index in [1.54, 1.807) is 35.2 Å². The number of amides is 3. The maximum absolute atomic E-state index is 13.5. The molecule has 1 aliphatic heterocycles. The smallest absolute Gasteiger partial charge is 0.409 e. The number of piperazine rings is 1. The van der Waals surface area contributed by atoms with Gasteiger partial charge in [-0.25, -0.2) is 9.78 Å². The maximum atomic E-state index is 13.5. The second-order valence-corrected chi connectivity index (χ2v) is 8.79. The molecule has 3 heterocycles. The SMILES string of the molecule is CCN(CC)C(=O)OC[C@@H]1CN(C(=O)c2ccccc2)CCN1C(=O)C(=O)c1c[nH]c2nccc(OC)c12. The predicted molar refractivity (Wildman–Crippen MR) is 139 cm³/mol. The lowest BCUT2D eigenvalue weighted by Gasteiger charge is -2.41. The number of fused-ring (bicyclic) bond motifs is 1. The number of methoxy groups -OCH3 is 1. The summed E-state index contributed by atoms with van der Waals surface area (Å²) >= 11 is 0. The molecule has 0 aliphatic carbocycles. The van der Waals surface area contributed by atoms with E-state index < -0.39 is 23.8 Å². The van der Waals surface area contributed by atoms with Gasteiger partial charge in [-0.05, 0) is 32.0 Å². The summed E-state index contributed by atoms with van der Waals surface area (Å²) in [4.78, 5) is 64.2. The van der Waals surface area contributed by atoms with Crippen molar-refractivity contribution < 1.29 is 28.7 Å². The fourth-order valence-electron chi connectivity index (χ4n) is 4.57. The fourth-order valence-corrected chi connectivity index (χ4v) is 4.57. The Kier molecular flexibility index (Phi) is 8.25. The number of benzene rings is 1. The molecule has 1 N–H and O–H groups in total. The number of nitrogens with zero attached hydrogens (tertiary/aromatic N) is 4. The minimum atomic E-state index is -0.757. The van der Waals surface area contributed by atoms with E-state index in [9.17, 15) is 19.2 Å². The molecule has 3 amide bonds. The van der Waals surface area contributed by atoms with Gasteiger partial charge in [0.05, 0.1) is 24.1 Å². The Hall–Kier alpha value is -4.41. The molecule has 38 heavy (non-hydrogen) atoms. The van der Waals surface area contributed by atoms with Crippen LogP contribution in [0.3, 0.4) is 0 Å². The highest BCUT2D eigenvalue weighted by molar-refractivity contribution is 6.45. The monoisotopic (exact) mass is 521 g/mol. The molecule has 0 radical (unpaired) electrons. The normalized spacial score (nSPS) is 15.3. The number of pyridine rings is 1. The van der Waals surface area contributed by atoms with E-state index in [4.69, 9.17) is 9.47 Å². The molecule has 11 nitrogen and oxygen atoms in total. The van der Waals surface area contributed by atoms with Crippen LogP contribution in [0.25, 0.3) is 11.0 Å². The van der Waals surface area contributed by atoms with Crippen molar-refractivity contribution in [3.8, 4) is 5.75 Å². The number of nitrogens with one attached hydrogen (secondary N) is 1. The summed E-state index contributed by atoms with van der Waals surface area (Å²) in [5.41, 5.74) is 1.07. The predicted octanol–water partition coefficient (Wildman–Crippen LogP) is 2.59. The number of aromatic nitrogens is 2. The summed E-state index contributed by atoms with van der Waals surface area (Å²) in [5, 5.41) is 0.413. The van der Waals surface area contributed by atoms with Crippen LogP contribution in [0.15, 0.2) is 48.8 Å². The first-order chi connectivity index (χ1) is 18.4. The summed E-state index contributed by atoms with van der Waals surface area (Å²) in [6.07, 6.45) is 2.45. The first-order valence-corrected chi connectivity index (χ1v) is 12.5. The van der Waals surface area contributed by atoms with E-state index in [2.05, 4.69) is 9.97 Å². The Morgan fingerprint density at radius 2 is 1.82 bits per heavy atom. The molecular weight excluding hydrogens is 490 g/mol. The van der Waals surface area contributed by atoms with Gasteiger partial charge in [0, 0.05) is 50.7 Å². The van der Waals surface area contributed by atoms with Gasteiger partial charge in [-0.2, -0.15) is 0 Å². The van der Waals surface area contributed by atoms with Gasteiger partial charge in [0.1, 0.15) is 18.0 Å². The first kappa shape index (κ1) is 26.6. The van der Waals surface area contributed by atoms with Crippen molar-refractivity contribution in [1.82, 2.24) is 24.7 Å². The van der Waals surface area contributed by atoms with Crippen LogP contribution >= 0.6 is 0 Å². The molecule has 200 valence electrons. The van der Waals surface area contributed by atoms with Crippen LogP contribution in [-0.2, 0) is 9.53 Å². The first-order valence-electron chi connectivity index (χ1n) is 12.5. The van der Waals surface area contributed by atoms with Gasteiger partial charge >= 0.3 is 6.09 Å². The van der Waals surface area contributed by atoms with Gasteiger partial charge in [0.2, 0.25) is 0 Å². The minimum Gasteiger partial charge on any atom is -0.496 e. The van der Waals surface area contributed by atoms with Gasteiger partial charge in [-0.3, -0.25) is 14.4 Å². The maximum Gasteiger partial charge on any atom is 0.409 e. The van der Waals surface area contributed by atoms with Crippen LogP contribution in [-0.4, -0.2) is 101 Å². The van der Waals surface area contributed by atoms with Crippen molar-refractivity contribution in [3.05, 3.63) is 59.9 Å². The van der Waals surface area contributed by atoms with Crippen molar-refractivity contribution in [1.29, 1.82) is 0 Å². The van der Waals surface area contributed by atoms with E-state index in [0.29, 0.717) is 35.4 Å². The zero-order chi connectivity index (χ0) is 27.2. The van der Waals surface area contributed by atoms with Crippen LogP contribution in [0.2, 0.25) is 0 Å². The van der Waals surface area contributed by atoms with Gasteiger partial charge < -0.3 is 29.2 Å². The van der Waals surface area contributed by atoms with Gasteiger partial charge in [0.25, 0.3) is 17.6 Å². The van der Waals surface area contributed by atoms with Crippen LogP contribution in [0, 0.1) is 0 Å². The minimum absolute atomic E-state index is 0.106. The molecule has 11 heteroatoms. The molecule has 4 rings (SSSR count). The molecule has 3 aromatic rings. The van der Waals surface area contributed by atoms with E-state index in [0.717, 1.165) is 0 Å². The lowest BCUT2D eigenvalue weighted by atomic mass is 10.1. The number of hydrogen-bond donors (Lipinski definition) is 1. The molecule has 1 atom stereocenters. The highest BCUT2D eigenvalue weighted by Gasteiger charge is 2.37. The fraction of sp³-hybridized carbons (Fsp3) is 0.370. The number of ketones is 1. The topological polar surface area (TPSA) is 125 Å². The quantitative estimate of drug-likeness (QED) is 0.357. The summed E-state index contributed by atoms with van der Waals surface area (Å²) in [5.74, 6) is -1.29. The van der Waals surface area contributed by atoms with E-state index in [1.807, 2.05) is 19.9 Å². The highest BCUT2D eigenvalue weighted by Crippen LogP contribution is 2.28. The molecule has 1 aliphatic rings. The van der Waals surface area contributed by atoms with Crippen LogP contribution in [0.1, 0.15) is 34.6 Å². The van der Waals surface area contributed by atoms with Crippen molar-refractivity contribution in [2.24, 2.45) is 0 Å². The lowest BCUT2D eigenvalue weighted by Crippen LogP contribution is -2.59. The zero-order valence-electron chi connectivity index (χ0n) is 21.7. The summed E-state index contributed by atoms with van der Waals surface area (Å²) in [7, 11) is 1.47. The number of rotatable bonds is 8. The number of hydrogen-bond acceptors (Lipinski definition) is 7. The zero-order valence-corrected chi connectivity index (χ0v) is 21.7. The average molecular weight is 522 g/mol. The standard InChI is InChI=1S/C27H31N5O6/c1-4-30(5-2)27(36)38-17-19-16-31(25(34)18-9-7-6-8-10-18)13-14-32(19)26(35)23(33)20-15-29-24-22(20)21(37-3)11-12-28-24/h6-12,15,19H,4-5,13-14,16-17H2,1-3H3,(H,28,29)/t19-/m0/s1. The van der Waals surface area contributed by atoms with E-state index in [1.165, 1.54) is 29.3 Å². The third kappa shape index (κ3) is 5.31.